The average molecular weight is 132 g/mol. The highest BCUT2D eigenvalue weighted by molar-refractivity contribution is 6.13. The van der Waals surface area contributed by atoms with Crippen LogP contribution in [0.25, 0.3) is 0 Å². The van der Waals surface area contributed by atoms with Crippen molar-refractivity contribution in [3.8, 4) is 0 Å². The molecule has 46 valence electrons. The lowest BCUT2D eigenvalue weighted by atomic mass is 10.0. The number of allylic oxidation sites excluding steroid dienone is 1. The second-order valence-corrected chi connectivity index (χ2v) is 2.29. The van der Waals surface area contributed by atoms with Gasteiger partial charge in [-0.3, -0.25) is 0 Å². The maximum atomic E-state index is 5.38. The summed E-state index contributed by atoms with van der Waals surface area (Å²) in [6.07, 6.45) is 7.95. The molecule has 0 saturated heterocycles. The highest BCUT2D eigenvalue weighted by Gasteiger charge is 2.03. The maximum Gasteiger partial charge on any atom is 0.0400 e. The molecule has 0 bridgehead atoms. The molecule has 1 aliphatic carbocycles. The summed E-state index contributed by atoms with van der Waals surface area (Å²) in [7, 11) is 0. The van der Waals surface area contributed by atoms with Gasteiger partial charge in [0.25, 0.3) is 0 Å². The van der Waals surface area contributed by atoms with E-state index in [1.807, 2.05) is 0 Å². The van der Waals surface area contributed by atoms with Crippen molar-refractivity contribution in [2.24, 2.45) is 0 Å². The summed E-state index contributed by atoms with van der Waals surface area (Å²) in [5, 5.41) is 0. The minimum absolute atomic E-state index is 0.422. The first-order valence-electron chi connectivity index (χ1n) is 2.96. The summed E-state index contributed by atoms with van der Waals surface area (Å²) >= 11 is 5.38. The molecule has 1 nitrogen and oxygen atoms in total. The van der Waals surface area contributed by atoms with Crippen molar-refractivity contribution in [2.75, 3.05) is 0 Å². The van der Waals surface area contributed by atoms with E-state index >= 15 is 0 Å². The van der Waals surface area contributed by atoms with Crippen molar-refractivity contribution in [1.29, 1.82) is 0 Å². The topological polar surface area (TPSA) is 12.0 Å². The van der Waals surface area contributed by atoms with Gasteiger partial charge in [0.2, 0.25) is 0 Å². The first kappa shape index (κ1) is 6.12. The van der Waals surface area contributed by atoms with E-state index in [4.69, 9.17) is 11.8 Å². The standard InChI is InChI=1S/C6H10ClN/c7-8-6-4-2-1-3-5-6/h2,4,6,8H,1,3,5H2. The molecule has 0 amide bonds. The van der Waals surface area contributed by atoms with Crippen LogP contribution < -0.4 is 4.84 Å². The van der Waals surface area contributed by atoms with Gasteiger partial charge in [-0.25, -0.2) is 4.84 Å². The van der Waals surface area contributed by atoms with Gasteiger partial charge in [0.15, 0.2) is 0 Å². The van der Waals surface area contributed by atoms with E-state index in [0.29, 0.717) is 6.04 Å². The van der Waals surface area contributed by atoms with E-state index < -0.39 is 0 Å². The van der Waals surface area contributed by atoms with E-state index in [1.54, 1.807) is 0 Å². The van der Waals surface area contributed by atoms with Crippen LogP contribution in [-0.4, -0.2) is 6.04 Å². The largest absolute Gasteiger partial charge is 0.227 e. The van der Waals surface area contributed by atoms with Crippen molar-refractivity contribution in [3.05, 3.63) is 12.2 Å². The van der Waals surface area contributed by atoms with Crippen LogP contribution >= 0.6 is 11.8 Å². The van der Waals surface area contributed by atoms with Crippen LogP contribution in [0.5, 0.6) is 0 Å². The second kappa shape index (κ2) is 3.10. The summed E-state index contributed by atoms with van der Waals surface area (Å²) < 4.78 is 0. The van der Waals surface area contributed by atoms with E-state index in [9.17, 15) is 0 Å². The molecule has 0 aliphatic heterocycles. The normalized spacial score (nSPS) is 28.4. The number of hydrogen-bond acceptors (Lipinski definition) is 1. The molecular weight excluding hydrogens is 122 g/mol. The zero-order valence-electron chi connectivity index (χ0n) is 4.73. The summed E-state index contributed by atoms with van der Waals surface area (Å²) in [6.45, 7) is 0. The Labute approximate surface area is 54.8 Å². The number of hydrogen-bond donors (Lipinski definition) is 1. The molecule has 0 saturated carbocycles. The Morgan fingerprint density at radius 1 is 1.62 bits per heavy atom. The fourth-order valence-electron chi connectivity index (χ4n) is 0.903. The molecule has 1 atom stereocenters. The smallest absolute Gasteiger partial charge is 0.0400 e. The third kappa shape index (κ3) is 1.49. The molecule has 1 rings (SSSR count). The highest BCUT2D eigenvalue weighted by Crippen LogP contribution is 2.09. The van der Waals surface area contributed by atoms with Gasteiger partial charge in [-0.05, 0) is 31.0 Å². The van der Waals surface area contributed by atoms with Gasteiger partial charge in [0.1, 0.15) is 0 Å². The van der Waals surface area contributed by atoms with Crippen LogP contribution in [-0.2, 0) is 0 Å². The van der Waals surface area contributed by atoms with Gasteiger partial charge in [-0.2, -0.15) is 0 Å². The summed E-state index contributed by atoms with van der Waals surface area (Å²) in [5.41, 5.74) is 0. The number of rotatable bonds is 1. The van der Waals surface area contributed by atoms with E-state index in [2.05, 4.69) is 17.0 Å². The summed E-state index contributed by atoms with van der Waals surface area (Å²) in [4.78, 5) is 2.69. The summed E-state index contributed by atoms with van der Waals surface area (Å²) in [6, 6.07) is 0.422. The van der Waals surface area contributed by atoms with Crippen molar-refractivity contribution < 1.29 is 0 Å². The van der Waals surface area contributed by atoms with Crippen molar-refractivity contribution in [1.82, 2.24) is 4.84 Å². The quantitative estimate of drug-likeness (QED) is 0.423. The third-order valence-corrected chi connectivity index (χ3v) is 1.67. The van der Waals surface area contributed by atoms with Gasteiger partial charge in [-0.1, -0.05) is 12.2 Å². The maximum absolute atomic E-state index is 5.38. The van der Waals surface area contributed by atoms with Gasteiger partial charge in [-0.15, -0.1) is 0 Å². The Balaban J connectivity index is 2.32. The minimum Gasteiger partial charge on any atom is -0.227 e. The van der Waals surface area contributed by atoms with Crippen LogP contribution in [0.2, 0.25) is 0 Å². The molecule has 0 radical (unpaired) electrons. The molecule has 0 aromatic heterocycles. The Morgan fingerprint density at radius 2 is 2.50 bits per heavy atom. The molecule has 8 heavy (non-hydrogen) atoms. The first-order valence-corrected chi connectivity index (χ1v) is 3.34. The van der Waals surface area contributed by atoms with E-state index in [-0.39, 0.29) is 0 Å². The molecule has 2 heteroatoms. The van der Waals surface area contributed by atoms with Crippen molar-refractivity contribution >= 4 is 11.8 Å². The fourth-order valence-corrected chi connectivity index (χ4v) is 1.09. The second-order valence-electron chi connectivity index (χ2n) is 2.07. The molecule has 0 heterocycles. The third-order valence-electron chi connectivity index (χ3n) is 1.39. The minimum atomic E-state index is 0.422. The molecule has 0 aromatic rings. The van der Waals surface area contributed by atoms with E-state index in [1.165, 1.54) is 19.3 Å². The van der Waals surface area contributed by atoms with Crippen LogP contribution in [0.15, 0.2) is 12.2 Å². The molecule has 1 aliphatic rings. The van der Waals surface area contributed by atoms with Crippen LogP contribution in [0.3, 0.4) is 0 Å². The predicted molar refractivity (Wildman–Crippen MR) is 35.8 cm³/mol. The number of nitrogens with one attached hydrogen (secondary N) is 1. The average Bonchev–Trinajstić information content (AvgIpc) is 1.90. The molecule has 1 unspecified atom stereocenters. The van der Waals surface area contributed by atoms with Gasteiger partial charge < -0.3 is 0 Å². The van der Waals surface area contributed by atoms with Gasteiger partial charge in [0.05, 0.1) is 0 Å². The highest BCUT2D eigenvalue weighted by atomic mass is 35.5. The Morgan fingerprint density at radius 3 is 2.88 bits per heavy atom. The SMILES string of the molecule is ClNC1C=CCCC1. The lowest BCUT2D eigenvalue weighted by molar-refractivity contribution is 0.613. The Bertz CT molecular complexity index is 90.5. The lowest BCUT2D eigenvalue weighted by Gasteiger charge is -2.12. The summed E-state index contributed by atoms with van der Waals surface area (Å²) in [5.74, 6) is 0. The Kier molecular flexibility index (Phi) is 2.37. The zero-order valence-corrected chi connectivity index (χ0v) is 5.49. The predicted octanol–water partition coefficient (Wildman–Crippen LogP) is 1.84. The Hall–Kier alpha value is -0.0100. The fraction of sp³-hybridized carbons (Fsp3) is 0.667. The van der Waals surface area contributed by atoms with Gasteiger partial charge in [0, 0.05) is 6.04 Å². The monoisotopic (exact) mass is 131 g/mol. The molecule has 0 spiro atoms. The molecule has 1 N–H and O–H groups in total. The molecule has 0 fully saturated rings. The zero-order chi connectivity index (χ0) is 5.82. The van der Waals surface area contributed by atoms with Crippen molar-refractivity contribution in [2.45, 2.75) is 25.3 Å². The first-order chi connectivity index (χ1) is 3.93. The molecular formula is C6H10ClN. The van der Waals surface area contributed by atoms with Crippen LogP contribution in [0, 0.1) is 0 Å². The van der Waals surface area contributed by atoms with E-state index in [0.717, 1.165) is 0 Å². The van der Waals surface area contributed by atoms with Gasteiger partial charge >= 0.3 is 0 Å². The lowest BCUT2D eigenvalue weighted by Crippen LogP contribution is -2.19. The molecule has 0 aromatic carbocycles. The van der Waals surface area contributed by atoms with Crippen molar-refractivity contribution in [3.63, 3.8) is 0 Å². The number of halogens is 1. The van der Waals surface area contributed by atoms with Crippen LogP contribution in [0.4, 0.5) is 0 Å². The van der Waals surface area contributed by atoms with Crippen LogP contribution in [0.1, 0.15) is 19.3 Å².